The highest BCUT2D eigenvalue weighted by Gasteiger charge is 2.39. The Kier molecular flexibility index (Phi) is 8.43. The van der Waals surface area contributed by atoms with Gasteiger partial charge in [0.25, 0.3) is 5.91 Å². The largest absolute Gasteiger partial charge is 0.495 e. The van der Waals surface area contributed by atoms with E-state index in [1.54, 1.807) is 46.4 Å². The molecule has 8 nitrogen and oxygen atoms in total. The maximum atomic E-state index is 14.6. The van der Waals surface area contributed by atoms with Gasteiger partial charge in [-0.25, -0.2) is 9.18 Å². The molecular formula is C22H22F4N4O4S. The van der Waals surface area contributed by atoms with Crippen LogP contribution in [-0.4, -0.2) is 60.1 Å². The Morgan fingerprint density at radius 1 is 1.14 bits per heavy atom. The number of thioether (sulfide) groups is 1. The number of para-hydroxylation sites is 2. The second kappa shape index (κ2) is 11.3. The Balaban J connectivity index is 1.58. The van der Waals surface area contributed by atoms with Crippen molar-refractivity contribution in [1.82, 2.24) is 15.8 Å². The Bertz CT molecular complexity index is 1100. The molecule has 1 saturated heterocycles. The van der Waals surface area contributed by atoms with E-state index in [4.69, 9.17) is 4.74 Å². The number of hydrogen-bond donors (Lipinski definition) is 3. The summed E-state index contributed by atoms with van der Waals surface area (Å²) in [6.07, 6.45) is -4.90. The van der Waals surface area contributed by atoms with E-state index < -0.39 is 23.8 Å². The fourth-order valence-corrected chi connectivity index (χ4v) is 4.57. The molecule has 2 aromatic rings. The Hall–Kier alpha value is -3.48. The fourth-order valence-electron chi connectivity index (χ4n) is 3.33. The van der Waals surface area contributed by atoms with Crippen LogP contribution in [0.4, 0.5) is 28.0 Å². The van der Waals surface area contributed by atoms with Crippen molar-refractivity contribution in [3.8, 4) is 5.75 Å². The predicted octanol–water partition coefficient (Wildman–Crippen LogP) is 3.35. The van der Waals surface area contributed by atoms with Crippen LogP contribution in [0.1, 0.15) is 15.9 Å². The van der Waals surface area contributed by atoms with Gasteiger partial charge in [0.2, 0.25) is 0 Å². The summed E-state index contributed by atoms with van der Waals surface area (Å²) in [6, 6.07) is 10.2. The number of hydrogen-bond acceptors (Lipinski definition) is 5. The molecule has 1 atom stereocenters. The van der Waals surface area contributed by atoms with Gasteiger partial charge < -0.3 is 15.0 Å². The minimum absolute atomic E-state index is 0.118. The van der Waals surface area contributed by atoms with E-state index in [2.05, 4.69) is 5.32 Å². The maximum Gasteiger partial charge on any atom is 0.472 e. The number of hydrazine groups is 1. The molecule has 188 valence electrons. The highest BCUT2D eigenvalue weighted by molar-refractivity contribution is 8.00. The van der Waals surface area contributed by atoms with Crippen molar-refractivity contribution < 1.29 is 36.7 Å². The van der Waals surface area contributed by atoms with Crippen LogP contribution in [0.15, 0.2) is 42.5 Å². The number of urea groups is 1. The monoisotopic (exact) mass is 514 g/mol. The number of nitrogens with one attached hydrogen (secondary N) is 3. The predicted molar refractivity (Wildman–Crippen MR) is 122 cm³/mol. The molecule has 0 spiro atoms. The van der Waals surface area contributed by atoms with Crippen LogP contribution in [0.3, 0.4) is 0 Å². The van der Waals surface area contributed by atoms with Crippen molar-refractivity contribution in [3.05, 3.63) is 59.4 Å². The van der Waals surface area contributed by atoms with Crippen molar-refractivity contribution in [3.63, 3.8) is 0 Å². The Morgan fingerprint density at radius 2 is 1.89 bits per heavy atom. The number of benzene rings is 2. The lowest BCUT2D eigenvalue weighted by atomic mass is 10.1. The van der Waals surface area contributed by atoms with Gasteiger partial charge in [0.05, 0.1) is 12.8 Å². The van der Waals surface area contributed by atoms with Gasteiger partial charge in [0.15, 0.2) is 0 Å². The van der Waals surface area contributed by atoms with Crippen LogP contribution >= 0.6 is 11.8 Å². The van der Waals surface area contributed by atoms with Crippen molar-refractivity contribution in [2.24, 2.45) is 0 Å². The minimum Gasteiger partial charge on any atom is -0.495 e. The van der Waals surface area contributed by atoms with Gasteiger partial charge in [-0.05, 0) is 36.2 Å². The normalized spacial score (nSPS) is 15.8. The molecule has 0 saturated carbocycles. The second-order valence-corrected chi connectivity index (χ2v) is 8.89. The van der Waals surface area contributed by atoms with Gasteiger partial charge in [-0.1, -0.05) is 18.2 Å². The Morgan fingerprint density at radius 3 is 2.57 bits per heavy atom. The van der Waals surface area contributed by atoms with Crippen LogP contribution in [0, 0.1) is 5.82 Å². The minimum atomic E-state index is -5.17. The van der Waals surface area contributed by atoms with E-state index in [0.717, 1.165) is 6.07 Å². The van der Waals surface area contributed by atoms with Crippen molar-refractivity contribution in [1.29, 1.82) is 0 Å². The van der Waals surface area contributed by atoms with Gasteiger partial charge in [-0.2, -0.15) is 24.9 Å². The molecule has 3 rings (SSSR count). The van der Waals surface area contributed by atoms with Gasteiger partial charge in [0.1, 0.15) is 11.6 Å². The molecule has 0 radical (unpaired) electrons. The topological polar surface area (TPSA) is 99.8 Å². The summed E-state index contributed by atoms with van der Waals surface area (Å²) in [7, 11) is 1.50. The number of methoxy groups -OCH3 is 1. The zero-order valence-electron chi connectivity index (χ0n) is 18.4. The standard InChI is InChI=1S/C22H22F4N4O4S/c1-34-18-5-3-2-4-17(18)27-21(33)30-8-9-35-15(12-30)10-13-6-7-14(11-16(13)23)19(31)28-29-20(32)22(24,25)26/h2-7,11,15H,8-10,12H2,1H3,(H,27,33)(H,28,31)(H,29,32). The van der Waals surface area contributed by atoms with E-state index in [1.165, 1.54) is 24.7 Å². The van der Waals surface area contributed by atoms with Gasteiger partial charge in [-0.3, -0.25) is 20.4 Å². The molecule has 3 N–H and O–H groups in total. The molecule has 1 fully saturated rings. The summed E-state index contributed by atoms with van der Waals surface area (Å²) in [5.74, 6) is -3.01. The van der Waals surface area contributed by atoms with E-state index in [9.17, 15) is 31.9 Å². The van der Waals surface area contributed by atoms with Crippen LogP contribution in [0.2, 0.25) is 0 Å². The molecule has 2 aromatic carbocycles. The first-order valence-electron chi connectivity index (χ1n) is 10.3. The number of alkyl halides is 3. The quantitative estimate of drug-likeness (QED) is 0.420. The van der Waals surface area contributed by atoms with Crippen LogP contribution in [0.25, 0.3) is 0 Å². The lowest BCUT2D eigenvalue weighted by molar-refractivity contribution is -0.174. The number of ether oxygens (including phenoxy) is 1. The van der Waals surface area contributed by atoms with Crippen molar-refractivity contribution >= 4 is 35.3 Å². The summed E-state index contributed by atoms with van der Waals surface area (Å²) in [6.45, 7) is 0.865. The third-order valence-electron chi connectivity index (χ3n) is 5.08. The summed E-state index contributed by atoms with van der Waals surface area (Å²) in [5, 5.41) is 2.69. The number of amides is 4. The number of nitrogens with zero attached hydrogens (tertiary/aromatic N) is 1. The highest BCUT2D eigenvalue weighted by Crippen LogP contribution is 2.27. The summed E-state index contributed by atoms with van der Waals surface area (Å²) < 4.78 is 56.5. The molecule has 13 heteroatoms. The SMILES string of the molecule is COc1ccccc1NC(=O)N1CCSC(Cc2ccc(C(=O)NNC(=O)C(F)(F)F)cc2F)C1. The maximum absolute atomic E-state index is 14.6. The van der Waals surface area contributed by atoms with Gasteiger partial charge in [0, 0.05) is 29.7 Å². The number of rotatable bonds is 5. The summed E-state index contributed by atoms with van der Waals surface area (Å²) in [4.78, 5) is 37.0. The summed E-state index contributed by atoms with van der Waals surface area (Å²) in [5.41, 5.74) is 3.36. The lowest BCUT2D eigenvalue weighted by Gasteiger charge is -2.32. The molecule has 1 aliphatic heterocycles. The molecule has 1 unspecified atom stereocenters. The van der Waals surface area contributed by atoms with Gasteiger partial charge in [-0.15, -0.1) is 0 Å². The number of halogens is 4. The molecule has 0 aliphatic carbocycles. The zero-order chi connectivity index (χ0) is 25.6. The zero-order valence-corrected chi connectivity index (χ0v) is 19.3. The number of carbonyl (C=O) groups is 3. The van der Waals surface area contributed by atoms with E-state index in [1.807, 2.05) is 0 Å². The highest BCUT2D eigenvalue weighted by atomic mass is 32.2. The van der Waals surface area contributed by atoms with Crippen molar-refractivity contribution in [2.75, 3.05) is 31.3 Å². The van der Waals surface area contributed by atoms with E-state index >= 15 is 0 Å². The summed E-state index contributed by atoms with van der Waals surface area (Å²) >= 11 is 1.58. The van der Waals surface area contributed by atoms with Crippen LogP contribution in [0.5, 0.6) is 5.75 Å². The fraction of sp³-hybridized carbons (Fsp3) is 0.318. The lowest BCUT2D eigenvalue weighted by Crippen LogP contribution is -2.47. The van der Waals surface area contributed by atoms with Crippen LogP contribution < -0.4 is 20.9 Å². The molecule has 0 aromatic heterocycles. The molecule has 1 heterocycles. The first kappa shape index (κ1) is 26.1. The molecule has 4 amide bonds. The third-order valence-corrected chi connectivity index (χ3v) is 6.29. The first-order valence-corrected chi connectivity index (χ1v) is 11.4. The third kappa shape index (κ3) is 7.01. The average Bonchev–Trinajstić information content (AvgIpc) is 2.83. The van der Waals surface area contributed by atoms with Gasteiger partial charge >= 0.3 is 18.1 Å². The molecular weight excluding hydrogens is 492 g/mol. The molecule has 1 aliphatic rings. The Labute approximate surface area is 202 Å². The average molecular weight is 515 g/mol. The molecule has 0 bridgehead atoms. The smallest absolute Gasteiger partial charge is 0.472 e. The van der Waals surface area contributed by atoms with Crippen molar-refractivity contribution in [2.45, 2.75) is 17.8 Å². The molecule has 35 heavy (non-hydrogen) atoms. The first-order chi connectivity index (χ1) is 16.6. The number of anilines is 1. The van der Waals surface area contributed by atoms with Crippen LogP contribution in [-0.2, 0) is 11.2 Å². The van der Waals surface area contributed by atoms with E-state index in [0.29, 0.717) is 30.3 Å². The second-order valence-electron chi connectivity index (χ2n) is 7.49. The number of carbonyl (C=O) groups excluding carboxylic acids is 3. The van der Waals surface area contributed by atoms with E-state index in [-0.39, 0.29) is 28.8 Å².